The SMILES string of the molecule is CC(C1CC1)N(C)C(=O)Cc1noc2ccccc12. The summed E-state index contributed by atoms with van der Waals surface area (Å²) in [6, 6.07) is 7.97. The molecule has 100 valence electrons. The number of nitrogens with zero attached hydrogens (tertiary/aromatic N) is 2. The monoisotopic (exact) mass is 258 g/mol. The van der Waals surface area contributed by atoms with Crippen molar-refractivity contribution in [1.29, 1.82) is 0 Å². The third-order valence-electron chi connectivity index (χ3n) is 4.08. The van der Waals surface area contributed by atoms with E-state index in [1.54, 1.807) is 0 Å². The summed E-state index contributed by atoms with van der Waals surface area (Å²) in [4.78, 5) is 14.1. The molecule has 4 heteroatoms. The van der Waals surface area contributed by atoms with Gasteiger partial charge in [-0.15, -0.1) is 0 Å². The highest BCUT2D eigenvalue weighted by molar-refractivity contribution is 5.86. The second-order valence-electron chi connectivity index (χ2n) is 5.38. The molecule has 3 rings (SSSR count). The zero-order valence-corrected chi connectivity index (χ0v) is 11.3. The van der Waals surface area contributed by atoms with Crippen molar-refractivity contribution in [3.05, 3.63) is 30.0 Å². The van der Waals surface area contributed by atoms with Crippen molar-refractivity contribution in [2.75, 3.05) is 7.05 Å². The maximum absolute atomic E-state index is 12.3. The Kier molecular flexibility index (Phi) is 3.01. The molecule has 4 nitrogen and oxygen atoms in total. The van der Waals surface area contributed by atoms with Gasteiger partial charge < -0.3 is 9.42 Å². The maximum Gasteiger partial charge on any atom is 0.228 e. The van der Waals surface area contributed by atoms with E-state index in [0.29, 0.717) is 18.4 Å². The molecule has 1 atom stereocenters. The first-order valence-electron chi connectivity index (χ1n) is 6.76. The second kappa shape index (κ2) is 4.68. The Bertz CT molecular complexity index is 601. The number of carbonyl (C=O) groups excluding carboxylic acids is 1. The smallest absolute Gasteiger partial charge is 0.228 e. The third kappa shape index (κ3) is 2.35. The summed E-state index contributed by atoms with van der Waals surface area (Å²) in [6.45, 7) is 2.12. The quantitative estimate of drug-likeness (QED) is 0.847. The van der Waals surface area contributed by atoms with Gasteiger partial charge in [0.05, 0.1) is 6.42 Å². The van der Waals surface area contributed by atoms with Crippen molar-refractivity contribution in [2.24, 2.45) is 5.92 Å². The molecule has 0 bridgehead atoms. The fraction of sp³-hybridized carbons (Fsp3) is 0.467. The van der Waals surface area contributed by atoms with Gasteiger partial charge in [-0.05, 0) is 37.8 Å². The van der Waals surface area contributed by atoms with Crippen molar-refractivity contribution in [1.82, 2.24) is 10.1 Å². The summed E-state index contributed by atoms with van der Waals surface area (Å²) in [5.41, 5.74) is 1.47. The topological polar surface area (TPSA) is 46.3 Å². The molecular weight excluding hydrogens is 240 g/mol. The number of fused-ring (bicyclic) bond motifs is 1. The summed E-state index contributed by atoms with van der Waals surface area (Å²) in [5, 5.41) is 4.95. The second-order valence-corrected chi connectivity index (χ2v) is 5.38. The van der Waals surface area contributed by atoms with E-state index in [0.717, 1.165) is 16.7 Å². The van der Waals surface area contributed by atoms with Crippen molar-refractivity contribution in [3.63, 3.8) is 0 Å². The van der Waals surface area contributed by atoms with Gasteiger partial charge in [0.1, 0.15) is 5.69 Å². The summed E-state index contributed by atoms with van der Waals surface area (Å²) in [5.74, 6) is 0.793. The number of hydrogen-bond donors (Lipinski definition) is 0. The lowest BCUT2D eigenvalue weighted by Gasteiger charge is -2.24. The average molecular weight is 258 g/mol. The molecule has 1 aromatic carbocycles. The van der Waals surface area contributed by atoms with Crippen LogP contribution in [0.15, 0.2) is 28.8 Å². The Balaban J connectivity index is 1.75. The highest BCUT2D eigenvalue weighted by Gasteiger charge is 2.32. The molecule has 1 heterocycles. The molecule has 1 amide bonds. The van der Waals surface area contributed by atoms with Crippen LogP contribution in [0.1, 0.15) is 25.5 Å². The maximum atomic E-state index is 12.3. The standard InChI is InChI=1S/C15H18N2O2/c1-10(11-7-8-11)17(2)15(18)9-13-12-5-3-4-6-14(12)19-16-13/h3-6,10-11H,7-9H2,1-2H3. The average Bonchev–Trinajstić information content (AvgIpc) is 3.20. The van der Waals surface area contributed by atoms with Crippen molar-refractivity contribution in [2.45, 2.75) is 32.2 Å². The van der Waals surface area contributed by atoms with E-state index >= 15 is 0 Å². The van der Waals surface area contributed by atoms with Crippen LogP contribution in [0.2, 0.25) is 0 Å². The molecule has 0 N–H and O–H groups in total. The lowest BCUT2D eigenvalue weighted by molar-refractivity contribution is -0.131. The van der Waals surface area contributed by atoms with Crippen LogP contribution in [-0.4, -0.2) is 29.1 Å². The molecule has 1 aliphatic carbocycles. The lowest BCUT2D eigenvalue weighted by atomic mass is 10.1. The molecule has 0 saturated heterocycles. The van der Waals surface area contributed by atoms with E-state index in [1.165, 1.54) is 12.8 Å². The summed E-state index contributed by atoms with van der Waals surface area (Å²) < 4.78 is 5.23. The number of carbonyl (C=O) groups is 1. The van der Waals surface area contributed by atoms with Gasteiger partial charge in [-0.2, -0.15) is 0 Å². The van der Waals surface area contributed by atoms with E-state index in [-0.39, 0.29) is 5.91 Å². The fourth-order valence-corrected chi connectivity index (χ4v) is 2.46. The Morgan fingerprint density at radius 1 is 1.47 bits per heavy atom. The van der Waals surface area contributed by atoms with Crippen LogP contribution in [0, 0.1) is 5.92 Å². The number of amides is 1. The summed E-state index contributed by atoms with van der Waals surface area (Å²) >= 11 is 0. The zero-order valence-electron chi connectivity index (χ0n) is 11.3. The molecule has 1 aromatic heterocycles. The molecule has 1 saturated carbocycles. The Morgan fingerprint density at radius 2 is 2.21 bits per heavy atom. The molecule has 0 aliphatic heterocycles. The normalized spacial score (nSPS) is 16.5. The van der Waals surface area contributed by atoms with Crippen LogP contribution in [0.4, 0.5) is 0 Å². The van der Waals surface area contributed by atoms with Crippen molar-refractivity contribution < 1.29 is 9.32 Å². The third-order valence-corrected chi connectivity index (χ3v) is 4.08. The summed E-state index contributed by atoms with van der Waals surface area (Å²) in [6.07, 6.45) is 2.79. The van der Waals surface area contributed by atoms with Crippen LogP contribution in [-0.2, 0) is 11.2 Å². The number of likely N-dealkylation sites (N-methyl/N-ethyl adjacent to an activating group) is 1. The molecule has 2 aromatic rings. The minimum atomic E-state index is 0.110. The van der Waals surface area contributed by atoms with E-state index < -0.39 is 0 Å². The number of rotatable bonds is 4. The molecule has 1 fully saturated rings. The molecule has 1 unspecified atom stereocenters. The number of para-hydroxylation sites is 1. The van der Waals surface area contributed by atoms with Crippen LogP contribution < -0.4 is 0 Å². The van der Waals surface area contributed by atoms with Gasteiger partial charge in [0.25, 0.3) is 0 Å². The van der Waals surface area contributed by atoms with Crippen molar-refractivity contribution >= 4 is 16.9 Å². The minimum absolute atomic E-state index is 0.110. The highest BCUT2D eigenvalue weighted by atomic mass is 16.5. The first kappa shape index (κ1) is 12.2. The molecule has 0 radical (unpaired) electrons. The number of aromatic nitrogens is 1. The fourth-order valence-electron chi connectivity index (χ4n) is 2.46. The molecular formula is C15H18N2O2. The van der Waals surface area contributed by atoms with Gasteiger partial charge in [0, 0.05) is 18.5 Å². The van der Waals surface area contributed by atoms with E-state index in [9.17, 15) is 4.79 Å². The Morgan fingerprint density at radius 3 is 2.95 bits per heavy atom. The lowest BCUT2D eigenvalue weighted by Crippen LogP contribution is -2.37. The predicted molar refractivity (Wildman–Crippen MR) is 72.7 cm³/mol. The Labute approximate surface area is 112 Å². The van der Waals surface area contributed by atoms with Crippen LogP contribution in [0.5, 0.6) is 0 Å². The van der Waals surface area contributed by atoms with E-state index in [4.69, 9.17) is 4.52 Å². The van der Waals surface area contributed by atoms with Gasteiger partial charge >= 0.3 is 0 Å². The van der Waals surface area contributed by atoms with Crippen LogP contribution in [0.25, 0.3) is 11.0 Å². The van der Waals surface area contributed by atoms with Crippen molar-refractivity contribution in [3.8, 4) is 0 Å². The number of benzene rings is 1. The van der Waals surface area contributed by atoms with Gasteiger partial charge in [-0.25, -0.2) is 0 Å². The van der Waals surface area contributed by atoms with Gasteiger partial charge in [0.15, 0.2) is 5.58 Å². The number of hydrogen-bond acceptors (Lipinski definition) is 3. The molecule has 19 heavy (non-hydrogen) atoms. The van der Waals surface area contributed by atoms with E-state index in [1.807, 2.05) is 36.2 Å². The largest absolute Gasteiger partial charge is 0.356 e. The Hall–Kier alpha value is -1.84. The van der Waals surface area contributed by atoms with Gasteiger partial charge in [-0.1, -0.05) is 17.3 Å². The van der Waals surface area contributed by atoms with Crippen LogP contribution >= 0.6 is 0 Å². The minimum Gasteiger partial charge on any atom is -0.356 e. The summed E-state index contributed by atoms with van der Waals surface area (Å²) in [7, 11) is 1.88. The highest BCUT2D eigenvalue weighted by Crippen LogP contribution is 2.34. The first-order chi connectivity index (χ1) is 9.16. The van der Waals surface area contributed by atoms with Crippen LogP contribution in [0.3, 0.4) is 0 Å². The molecule has 0 spiro atoms. The van der Waals surface area contributed by atoms with Gasteiger partial charge in [-0.3, -0.25) is 4.79 Å². The predicted octanol–water partition coefficient (Wildman–Crippen LogP) is 2.63. The first-order valence-corrected chi connectivity index (χ1v) is 6.76. The van der Waals surface area contributed by atoms with Gasteiger partial charge in [0.2, 0.25) is 5.91 Å². The zero-order chi connectivity index (χ0) is 13.4. The molecule has 1 aliphatic rings. The van der Waals surface area contributed by atoms with E-state index in [2.05, 4.69) is 12.1 Å².